The molecule has 2 saturated heterocycles. The molecular formula is C57H100O23S7. The third kappa shape index (κ3) is 34.0. The molecule has 2 fully saturated rings. The molecule has 508 valence electrons. The van der Waals surface area contributed by atoms with E-state index in [4.69, 9.17) is 52.1 Å². The molecule has 0 spiro atoms. The fourth-order valence-corrected chi connectivity index (χ4v) is 12.4. The number of hydrogen-bond acceptors (Lipinski definition) is 30. The van der Waals surface area contributed by atoms with Crippen LogP contribution in [0.5, 0.6) is 0 Å². The zero-order valence-electron chi connectivity index (χ0n) is 51.6. The summed E-state index contributed by atoms with van der Waals surface area (Å²) in [5.41, 5.74) is -3.76. The van der Waals surface area contributed by atoms with Crippen LogP contribution < -0.4 is 0 Å². The number of aliphatic hydroxyl groups is 6. The van der Waals surface area contributed by atoms with Gasteiger partial charge in [0.25, 0.3) is 0 Å². The maximum atomic E-state index is 13.6. The lowest BCUT2D eigenvalue weighted by molar-refractivity contribution is -0.250. The van der Waals surface area contributed by atoms with Crippen molar-refractivity contribution in [2.45, 2.75) is 145 Å². The van der Waals surface area contributed by atoms with E-state index >= 15 is 0 Å². The monoisotopic (exact) mass is 1380 g/mol. The average molecular weight is 1380 g/mol. The molecule has 0 aromatic heterocycles. The first-order chi connectivity index (χ1) is 41.9. The van der Waals surface area contributed by atoms with Gasteiger partial charge in [-0.3, -0.25) is 28.8 Å². The lowest BCUT2D eigenvalue weighted by atomic mass is 9.90. The Labute approximate surface area is 544 Å². The molecule has 0 aromatic rings. The smallest absolute Gasteiger partial charge is 0.306 e. The Hall–Kier alpha value is -1.17. The quantitative estimate of drug-likeness (QED) is 0.0211. The van der Waals surface area contributed by atoms with Crippen molar-refractivity contribution in [3.63, 3.8) is 0 Å². The van der Waals surface area contributed by atoms with Crippen LogP contribution in [0.1, 0.15) is 90.4 Å². The topological polar surface area (TPSA) is 325 Å². The van der Waals surface area contributed by atoms with Crippen LogP contribution in [-0.4, -0.2) is 277 Å². The average Bonchev–Trinajstić information content (AvgIpc) is 3.72. The van der Waals surface area contributed by atoms with Crippen LogP contribution >= 0.6 is 82.3 Å². The maximum absolute atomic E-state index is 13.6. The number of unbranched alkanes of at least 4 members (excludes halogenated alkanes) is 6. The van der Waals surface area contributed by atoms with Crippen molar-refractivity contribution in [3.8, 4) is 0 Å². The highest BCUT2D eigenvalue weighted by atomic mass is 32.2. The van der Waals surface area contributed by atoms with Crippen LogP contribution in [0.15, 0.2) is 0 Å². The largest absolute Gasteiger partial charge is 0.465 e. The fraction of sp³-hybridized carbons (Fsp3) is 0.895. The lowest BCUT2D eigenvalue weighted by Gasteiger charge is -2.43. The molecule has 0 saturated carbocycles. The van der Waals surface area contributed by atoms with Crippen molar-refractivity contribution >= 4 is 118 Å². The summed E-state index contributed by atoms with van der Waals surface area (Å²) < 4.78 is 64.7. The molecular weight excluding hydrogens is 1280 g/mol. The number of aliphatic hydroxyl groups excluding tert-OH is 6. The molecule has 30 heteroatoms. The minimum atomic E-state index is -1.55. The van der Waals surface area contributed by atoms with Crippen molar-refractivity contribution in [2.24, 2.45) is 16.7 Å². The third-order valence-electron chi connectivity index (χ3n) is 14.0. The van der Waals surface area contributed by atoms with Crippen LogP contribution in [0.4, 0.5) is 0 Å². The first-order valence-corrected chi connectivity index (χ1v) is 38.7. The summed E-state index contributed by atoms with van der Waals surface area (Å²) in [7, 11) is 0. The first-order valence-electron chi connectivity index (χ1n) is 29.5. The van der Waals surface area contributed by atoms with Crippen LogP contribution in [-0.2, 0) is 80.9 Å². The molecule has 0 aromatic carbocycles. The number of ether oxygens (including phenoxy) is 11. The van der Waals surface area contributed by atoms with E-state index in [1.807, 2.05) is 31.3 Å². The van der Waals surface area contributed by atoms with Gasteiger partial charge < -0.3 is 82.7 Å². The van der Waals surface area contributed by atoms with E-state index in [-0.39, 0.29) is 70.0 Å². The highest BCUT2D eigenvalue weighted by Gasteiger charge is 2.48. The standard InChI is InChI=1S/C57H100O23S7/c1-7-8-9-10-11-12-13-20-87-55-53(69)50(66)40(41(27-58)80-55)29-70-30-43-54(52(68)51(67)42(28-59)79-43)78-39-86-26-19-49(65)77-38-57(36-75-47(63)17-24-84-5,37-76-48(64)18-25-85-6)32-71-31-56(33-72-44(60)14-21-81-2,34-73-45(61)15-22-82-3)35-74-46(62)16-23-83-4/h40-43,50-55,58-59,66-69H,7-39H2,1-6H3/t40-,41?,42?,43-,50?,51-,52?,53?,54?,55+/m1/s1. The molecule has 23 nitrogen and oxygen atoms in total. The summed E-state index contributed by atoms with van der Waals surface area (Å²) in [5, 5.41) is 64.5. The van der Waals surface area contributed by atoms with Crippen molar-refractivity contribution in [2.75, 3.05) is 157 Å². The zero-order chi connectivity index (χ0) is 64.3. The summed E-state index contributed by atoms with van der Waals surface area (Å²) in [6, 6.07) is 0. The van der Waals surface area contributed by atoms with Gasteiger partial charge in [-0.05, 0) is 43.5 Å². The Balaban J connectivity index is 2.27. The number of hydrogen-bond donors (Lipinski definition) is 6. The Morgan fingerprint density at radius 3 is 1.23 bits per heavy atom. The van der Waals surface area contributed by atoms with E-state index in [0.717, 1.165) is 31.0 Å². The molecule has 2 heterocycles. The van der Waals surface area contributed by atoms with Gasteiger partial charge in [0.1, 0.15) is 81.7 Å². The molecule has 0 radical (unpaired) electrons. The second-order valence-corrected chi connectivity index (χ2v) is 28.5. The van der Waals surface area contributed by atoms with Gasteiger partial charge in [-0.25, -0.2) is 0 Å². The van der Waals surface area contributed by atoms with Gasteiger partial charge in [0, 0.05) is 40.4 Å². The molecule has 87 heavy (non-hydrogen) atoms. The molecule has 2 aliphatic rings. The number of rotatable bonds is 52. The van der Waals surface area contributed by atoms with E-state index in [0.29, 0.717) is 34.5 Å². The predicted molar refractivity (Wildman–Crippen MR) is 344 cm³/mol. The molecule has 6 unspecified atom stereocenters. The van der Waals surface area contributed by atoms with Gasteiger partial charge in [0.2, 0.25) is 0 Å². The second kappa shape index (κ2) is 49.4. The van der Waals surface area contributed by atoms with E-state index in [1.165, 1.54) is 96.3 Å². The van der Waals surface area contributed by atoms with Crippen LogP contribution in [0, 0.1) is 16.7 Å². The van der Waals surface area contributed by atoms with Gasteiger partial charge in [0.05, 0.1) is 107 Å². The van der Waals surface area contributed by atoms with Gasteiger partial charge in [-0.2, -0.15) is 58.8 Å². The van der Waals surface area contributed by atoms with Crippen LogP contribution in [0.25, 0.3) is 0 Å². The zero-order valence-corrected chi connectivity index (χ0v) is 57.3. The van der Waals surface area contributed by atoms with Gasteiger partial charge in [-0.15, -0.1) is 23.5 Å². The van der Waals surface area contributed by atoms with Gasteiger partial charge in [-0.1, -0.05) is 45.4 Å². The van der Waals surface area contributed by atoms with E-state index < -0.39 is 166 Å². The van der Waals surface area contributed by atoms with Crippen LogP contribution in [0.2, 0.25) is 0 Å². The van der Waals surface area contributed by atoms with Gasteiger partial charge >= 0.3 is 35.8 Å². The highest BCUT2D eigenvalue weighted by molar-refractivity contribution is 8.00. The van der Waals surface area contributed by atoms with Crippen LogP contribution in [0.3, 0.4) is 0 Å². The van der Waals surface area contributed by atoms with E-state index in [1.54, 1.807) is 0 Å². The molecule has 2 aliphatic heterocycles. The summed E-state index contributed by atoms with van der Waals surface area (Å²) in [4.78, 5) is 78.6. The van der Waals surface area contributed by atoms with Crippen molar-refractivity contribution in [1.29, 1.82) is 0 Å². The highest BCUT2D eigenvalue weighted by Crippen LogP contribution is 2.34. The molecule has 0 aliphatic carbocycles. The summed E-state index contributed by atoms with van der Waals surface area (Å²) in [6.45, 7) is -2.74. The minimum absolute atomic E-state index is 0.0353. The molecule has 6 N–H and O–H groups in total. The lowest BCUT2D eigenvalue weighted by Crippen LogP contribution is -2.60. The van der Waals surface area contributed by atoms with Crippen molar-refractivity contribution < 1.29 is 112 Å². The predicted octanol–water partition coefficient (Wildman–Crippen LogP) is 4.50. The number of carbonyl (C=O) groups is 6. The summed E-state index contributed by atoms with van der Waals surface area (Å²) in [6.07, 6.45) is 7.13. The Morgan fingerprint density at radius 1 is 0.425 bits per heavy atom. The first kappa shape index (κ1) is 81.9. The molecule has 0 bridgehead atoms. The van der Waals surface area contributed by atoms with E-state index in [9.17, 15) is 59.4 Å². The van der Waals surface area contributed by atoms with Gasteiger partial charge in [0.15, 0.2) is 0 Å². The number of carbonyl (C=O) groups excluding carboxylic acids is 6. The van der Waals surface area contributed by atoms with Crippen molar-refractivity contribution in [3.05, 3.63) is 0 Å². The third-order valence-corrected chi connectivity index (χ3v) is 19.1. The van der Waals surface area contributed by atoms with E-state index in [2.05, 4.69) is 6.92 Å². The number of esters is 6. The maximum Gasteiger partial charge on any atom is 0.306 e. The fourth-order valence-electron chi connectivity index (χ4n) is 8.68. The second-order valence-electron chi connectivity index (χ2n) is 21.4. The minimum Gasteiger partial charge on any atom is -0.465 e. The van der Waals surface area contributed by atoms with Crippen molar-refractivity contribution in [1.82, 2.24) is 0 Å². The Kier molecular flexibility index (Phi) is 46.5. The Morgan fingerprint density at radius 2 is 0.828 bits per heavy atom. The molecule has 0 amide bonds. The molecule has 2 rings (SSSR count). The molecule has 10 atom stereocenters. The Bertz CT molecular complexity index is 1800. The number of thioether (sulfide) groups is 7. The SMILES string of the molecule is CCCCCCCCCS[C@@H]1OC(CO)[C@@H](COC[C@H]2OC(CO)[C@@H](O)C(O)C2OCSCCC(=O)OCC(COCC(COC(=O)CCSC)(COC(=O)CCSC)COC(=O)CCSC)(COC(=O)CCSC)COC(=O)CCSC)C(O)C1O. The summed E-state index contributed by atoms with van der Waals surface area (Å²) >= 11 is 9.68. The summed E-state index contributed by atoms with van der Waals surface area (Å²) in [5.74, 6) is -1.43. The normalized spacial score (nSPS) is 22.3.